The zero-order chi connectivity index (χ0) is 17.5. The van der Waals surface area contributed by atoms with Gasteiger partial charge in [0.1, 0.15) is 11.6 Å². The third kappa shape index (κ3) is 4.95. The summed E-state index contributed by atoms with van der Waals surface area (Å²) in [6.07, 6.45) is 0. The van der Waals surface area contributed by atoms with Crippen molar-refractivity contribution in [2.45, 2.75) is 13.5 Å². The van der Waals surface area contributed by atoms with Crippen LogP contribution in [0.15, 0.2) is 53.6 Å². The number of para-hydroxylation sites is 2. The summed E-state index contributed by atoms with van der Waals surface area (Å²) in [6, 6.07) is 12.3. The van der Waals surface area contributed by atoms with Crippen LogP contribution in [0, 0.1) is 5.82 Å². The third-order valence-electron chi connectivity index (χ3n) is 2.94. The average Bonchev–Trinajstić information content (AvgIpc) is 2.55. The fraction of sp³-hybridized carbons (Fsp3) is 0.125. The zero-order valence-corrected chi connectivity index (χ0v) is 13.4. The molecule has 0 aliphatic heterocycles. The lowest BCUT2D eigenvalue weighted by atomic mass is 10.1. The molecule has 0 amide bonds. The molecule has 0 spiro atoms. The normalized spacial score (nSPS) is 11.3. The number of hydrogen-bond donors (Lipinski definition) is 2. The van der Waals surface area contributed by atoms with Gasteiger partial charge in [-0.25, -0.2) is 4.39 Å². The lowest BCUT2D eigenvalue weighted by Crippen LogP contribution is -2.25. The van der Waals surface area contributed by atoms with Crippen LogP contribution < -0.4 is 15.5 Å². The zero-order valence-electron chi connectivity index (χ0n) is 12.6. The molecular weight excluding hydrogens is 339 g/mol. The minimum atomic E-state index is -2.93. The molecule has 0 heterocycles. The fourth-order valence-corrected chi connectivity index (χ4v) is 2.03. The molecule has 0 saturated carbocycles. The number of ether oxygens (including phenoxy) is 1. The summed E-state index contributed by atoms with van der Waals surface area (Å²) in [5.74, 6) is -0.457. The van der Waals surface area contributed by atoms with Crippen LogP contribution in [0.2, 0.25) is 0 Å². The summed E-state index contributed by atoms with van der Waals surface area (Å²) >= 11 is 5.02. The van der Waals surface area contributed by atoms with Gasteiger partial charge in [-0.1, -0.05) is 24.3 Å². The maximum Gasteiger partial charge on any atom is 0.387 e. The van der Waals surface area contributed by atoms with E-state index in [1.54, 1.807) is 37.3 Å². The molecule has 126 valence electrons. The fourth-order valence-electron chi connectivity index (χ4n) is 1.87. The summed E-state index contributed by atoms with van der Waals surface area (Å²) in [5.41, 5.74) is 3.50. The number of nitrogens with zero attached hydrogens (tertiary/aromatic N) is 1. The molecule has 0 saturated heterocycles. The lowest BCUT2D eigenvalue weighted by molar-refractivity contribution is -0.0499. The van der Waals surface area contributed by atoms with E-state index in [2.05, 4.69) is 20.6 Å². The Morgan fingerprint density at radius 1 is 1.12 bits per heavy atom. The molecule has 4 nitrogen and oxygen atoms in total. The van der Waals surface area contributed by atoms with Crippen molar-refractivity contribution in [2.75, 3.05) is 5.32 Å². The van der Waals surface area contributed by atoms with Crippen LogP contribution in [0.5, 0.6) is 5.75 Å². The number of benzene rings is 2. The van der Waals surface area contributed by atoms with E-state index in [0.29, 0.717) is 11.3 Å². The number of halogens is 3. The first-order valence-corrected chi connectivity index (χ1v) is 7.28. The smallest absolute Gasteiger partial charge is 0.387 e. The first-order chi connectivity index (χ1) is 11.5. The highest BCUT2D eigenvalue weighted by molar-refractivity contribution is 7.80. The molecule has 8 heteroatoms. The molecule has 0 radical (unpaired) electrons. The summed E-state index contributed by atoms with van der Waals surface area (Å²) in [6.45, 7) is -1.33. The van der Waals surface area contributed by atoms with E-state index < -0.39 is 12.4 Å². The van der Waals surface area contributed by atoms with Crippen LogP contribution in [0.1, 0.15) is 12.5 Å². The quantitative estimate of drug-likeness (QED) is 0.482. The molecule has 2 aromatic rings. The second kappa shape index (κ2) is 8.30. The summed E-state index contributed by atoms with van der Waals surface area (Å²) < 4.78 is 42.8. The van der Waals surface area contributed by atoms with E-state index in [9.17, 15) is 13.2 Å². The van der Waals surface area contributed by atoms with Crippen molar-refractivity contribution in [3.05, 3.63) is 59.9 Å². The van der Waals surface area contributed by atoms with Gasteiger partial charge in [-0.15, -0.1) is 0 Å². The van der Waals surface area contributed by atoms with E-state index in [-0.39, 0.29) is 16.5 Å². The van der Waals surface area contributed by atoms with Crippen molar-refractivity contribution in [1.82, 2.24) is 5.43 Å². The highest BCUT2D eigenvalue weighted by atomic mass is 32.1. The van der Waals surface area contributed by atoms with Gasteiger partial charge in [0.05, 0.1) is 11.4 Å². The summed E-state index contributed by atoms with van der Waals surface area (Å²) in [4.78, 5) is 0. The topological polar surface area (TPSA) is 45.7 Å². The second-order valence-electron chi connectivity index (χ2n) is 4.62. The van der Waals surface area contributed by atoms with E-state index in [1.165, 1.54) is 18.2 Å². The predicted molar refractivity (Wildman–Crippen MR) is 91.0 cm³/mol. The minimum Gasteiger partial charge on any atom is -0.434 e. The Balaban J connectivity index is 2.06. The average molecular weight is 353 g/mol. The standard InChI is InChI=1S/C16H14F3N3OS/c1-10(11-6-2-5-9-14(11)23-15(18)19)21-22-16(24)20-13-8-4-3-7-12(13)17/h2-9,15H,1H3,(H2,20,22,24)/b21-10-. The van der Waals surface area contributed by atoms with Gasteiger partial charge in [0.15, 0.2) is 5.11 Å². The minimum absolute atomic E-state index is 0.00327. The van der Waals surface area contributed by atoms with Gasteiger partial charge in [-0.2, -0.15) is 13.9 Å². The first-order valence-electron chi connectivity index (χ1n) is 6.87. The van der Waals surface area contributed by atoms with Crippen molar-refractivity contribution >= 4 is 28.7 Å². The van der Waals surface area contributed by atoms with E-state index in [4.69, 9.17) is 12.2 Å². The van der Waals surface area contributed by atoms with Gasteiger partial charge >= 0.3 is 6.61 Å². The van der Waals surface area contributed by atoms with Crippen molar-refractivity contribution in [2.24, 2.45) is 5.10 Å². The van der Waals surface area contributed by atoms with Crippen molar-refractivity contribution in [3.8, 4) is 5.75 Å². The van der Waals surface area contributed by atoms with E-state index in [1.807, 2.05) is 0 Å². The Morgan fingerprint density at radius 3 is 2.50 bits per heavy atom. The van der Waals surface area contributed by atoms with Crippen LogP contribution in [-0.4, -0.2) is 17.4 Å². The van der Waals surface area contributed by atoms with Gasteiger partial charge in [0.25, 0.3) is 0 Å². The molecule has 0 aliphatic rings. The number of hydrogen-bond acceptors (Lipinski definition) is 3. The predicted octanol–water partition coefficient (Wildman–Crippen LogP) is 4.14. The Bertz CT molecular complexity index is 753. The number of hydrazone groups is 1. The Hall–Kier alpha value is -2.61. The van der Waals surface area contributed by atoms with E-state index in [0.717, 1.165) is 0 Å². The Morgan fingerprint density at radius 2 is 1.79 bits per heavy atom. The SMILES string of the molecule is C/C(=N/NC(=S)Nc1ccccc1F)c1ccccc1OC(F)F. The molecular formula is C16H14F3N3OS. The molecule has 0 bridgehead atoms. The van der Waals surface area contributed by atoms with Gasteiger partial charge < -0.3 is 10.1 Å². The molecule has 2 aromatic carbocycles. The number of thiocarbonyl (C=S) groups is 1. The highest BCUT2D eigenvalue weighted by Gasteiger charge is 2.11. The van der Waals surface area contributed by atoms with Crippen LogP contribution in [0.4, 0.5) is 18.9 Å². The first kappa shape index (κ1) is 17.7. The molecule has 0 unspecified atom stereocenters. The molecule has 0 aliphatic carbocycles. The van der Waals surface area contributed by atoms with Gasteiger partial charge in [0, 0.05) is 5.56 Å². The van der Waals surface area contributed by atoms with Crippen LogP contribution >= 0.6 is 12.2 Å². The van der Waals surface area contributed by atoms with Crippen molar-refractivity contribution in [3.63, 3.8) is 0 Å². The van der Waals surface area contributed by atoms with Crippen LogP contribution in [0.25, 0.3) is 0 Å². The number of anilines is 1. The molecule has 24 heavy (non-hydrogen) atoms. The molecule has 0 atom stereocenters. The summed E-state index contributed by atoms with van der Waals surface area (Å²) in [7, 11) is 0. The maximum absolute atomic E-state index is 13.5. The van der Waals surface area contributed by atoms with Crippen LogP contribution in [0.3, 0.4) is 0 Å². The summed E-state index contributed by atoms with van der Waals surface area (Å²) in [5, 5.41) is 6.72. The second-order valence-corrected chi connectivity index (χ2v) is 5.03. The van der Waals surface area contributed by atoms with Crippen LogP contribution in [-0.2, 0) is 0 Å². The number of nitrogens with one attached hydrogen (secondary N) is 2. The van der Waals surface area contributed by atoms with Gasteiger partial charge in [-0.05, 0) is 43.4 Å². The van der Waals surface area contributed by atoms with Gasteiger partial charge in [-0.3, -0.25) is 5.43 Å². The number of alkyl halides is 2. The Labute approximate surface area is 142 Å². The van der Waals surface area contributed by atoms with E-state index >= 15 is 0 Å². The largest absolute Gasteiger partial charge is 0.434 e. The molecule has 2 rings (SSSR count). The molecule has 0 fully saturated rings. The lowest BCUT2D eigenvalue weighted by Gasteiger charge is -2.11. The molecule has 0 aromatic heterocycles. The highest BCUT2D eigenvalue weighted by Crippen LogP contribution is 2.21. The molecule has 2 N–H and O–H groups in total. The number of rotatable bonds is 5. The third-order valence-corrected chi connectivity index (χ3v) is 3.13. The van der Waals surface area contributed by atoms with Crippen molar-refractivity contribution < 1.29 is 17.9 Å². The Kier molecular flexibility index (Phi) is 6.14. The van der Waals surface area contributed by atoms with Gasteiger partial charge in [0.2, 0.25) is 0 Å². The monoisotopic (exact) mass is 353 g/mol. The van der Waals surface area contributed by atoms with Crippen molar-refractivity contribution in [1.29, 1.82) is 0 Å². The maximum atomic E-state index is 13.5.